The van der Waals surface area contributed by atoms with E-state index < -0.39 is 0 Å². The summed E-state index contributed by atoms with van der Waals surface area (Å²) in [5, 5.41) is 13.3. The van der Waals surface area contributed by atoms with Crippen LogP contribution < -0.4 is 5.32 Å². The van der Waals surface area contributed by atoms with Crippen LogP contribution in [0.3, 0.4) is 0 Å². The first-order valence-corrected chi connectivity index (χ1v) is 6.20. The van der Waals surface area contributed by atoms with E-state index in [2.05, 4.69) is 16.8 Å². The molecule has 2 rings (SSSR count). The fourth-order valence-electron chi connectivity index (χ4n) is 2.38. The van der Waals surface area contributed by atoms with Crippen LogP contribution in [0.5, 0.6) is 5.75 Å². The van der Waals surface area contributed by atoms with Gasteiger partial charge >= 0.3 is 0 Å². The molecule has 18 heavy (non-hydrogen) atoms. The molecular formula is C14H19FN2O. The lowest BCUT2D eigenvalue weighted by Gasteiger charge is -2.34. The molecule has 0 aliphatic carbocycles. The molecule has 1 aliphatic heterocycles. The molecule has 0 unspecified atom stereocenters. The minimum Gasteiger partial charge on any atom is -0.507 e. The van der Waals surface area contributed by atoms with E-state index >= 15 is 0 Å². The van der Waals surface area contributed by atoms with Gasteiger partial charge in [0.15, 0.2) is 0 Å². The number of hydrogen-bond acceptors (Lipinski definition) is 3. The van der Waals surface area contributed by atoms with E-state index in [-0.39, 0.29) is 17.6 Å². The summed E-state index contributed by atoms with van der Waals surface area (Å²) in [4.78, 5) is 2.13. The van der Waals surface area contributed by atoms with Gasteiger partial charge in [-0.3, -0.25) is 4.90 Å². The van der Waals surface area contributed by atoms with Crippen LogP contribution in [-0.2, 0) is 0 Å². The zero-order valence-electron chi connectivity index (χ0n) is 10.6. The Labute approximate surface area is 107 Å². The lowest BCUT2D eigenvalue weighted by atomic mass is 10.00. The molecule has 4 heteroatoms. The summed E-state index contributed by atoms with van der Waals surface area (Å²) in [6, 6.07) is 2.72. The highest BCUT2D eigenvalue weighted by Crippen LogP contribution is 2.34. The number of halogens is 1. The molecule has 1 fully saturated rings. The van der Waals surface area contributed by atoms with Crippen LogP contribution in [0, 0.1) is 12.7 Å². The van der Waals surface area contributed by atoms with E-state index in [1.807, 2.05) is 0 Å². The molecule has 0 radical (unpaired) electrons. The van der Waals surface area contributed by atoms with Crippen LogP contribution in [0.25, 0.3) is 0 Å². The van der Waals surface area contributed by atoms with E-state index in [1.165, 1.54) is 6.07 Å². The van der Waals surface area contributed by atoms with Crippen molar-refractivity contribution in [1.82, 2.24) is 10.2 Å². The van der Waals surface area contributed by atoms with E-state index in [0.717, 1.165) is 26.2 Å². The lowest BCUT2D eigenvalue weighted by molar-refractivity contribution is 0.197. The van der Waals surface area contributed by atoms with Gasteiger partial charge in [0.05, 0.1) is 11.6 Å². The highest BCUT2D eigenvalue weighted by molar-refractivity contribution is 5.43. The topological polar surface area (TPSA) is 35.5 Å². The van der Waals surface area contributed by atoms with Crippen molar-refractivity contribution in [3.05, 3.63) is 41.7 Å². The molecule has 0 bridgehead atoms. The number of nitrogens with zero attached hydrogens (tertiary/aromatic N) is 1. The highest BCUT2D eigenvalue weighted by atomic mass is 19.1. The van der Waals surface area contributed by atoms with Crippen molar-refractivity contribution in [3.8, 4) is 5.75 Å². The Morgan fingerprint density at radius 1 is 1.44 bits per heavy atom. The number of nitrogens with one attached hydrogen (secondary N) is 1. The number of piperazine rings is 1. The predicted molar refractivity (Wildman–Crippen MR) is 70.2 cm³/mol. The highest BCUT2D eigenvalue weighted by Gasteiger charge is 2.25. The van der Waals surface area contributed by atoms with Gasteiger partial charge in [0.2, 0.25) is 0 Å². The first kappa shape index (κ1) is 13.1. The van der Waals surface area contributed by atoms with Gasteiger partial charge in [0.25, 0.3) is 0 Å². The second-order valence-electron chi connectivity index (χ2n) is 4.59. The fraction of sp³-hybridized carbons (Fsp3) is 0.429. The van der Waals surface area contributed by atoms with Gasteiger partial charge in [-0.05, 0) is 18.6 Å². The number of benzene rings is 1. The molecule has 0 amide bonds. The zero-order chi connectivity index (χ0) is 13.1. The quantitative estimate of drug-likeness (QED) is 0.805. The Morgan fingerprint density at radius 2 is 2.11 bits per heavy atom. The van der Waals surface area contributed by atoms with Gasteiger partial charge in [-0.1, -0.05) is 12.1 Å². The monoisotopic (exact) mass is 250 g/mol. The van der Waals surface area contributed by atoms with Crippen LogP contribution in [0.2, 0.25) is 0 Å². The van der Waals surface area contributed by atoms with E-state index in [4.69, 9.17) is 0 Å². The smallest absolute Gasteiger partial charge is 0.132 e. The van der Waals surface area contributed by atoms with Crippen molar-refractivity contribution in [2.45, 2.75) is 13.0 Å². The van der Waals surface area contributed by atoms with Crippen molar-refractivity contribution in [1.29, 1.82) is 0 Å². The second kappa shape index (κ2) is 5.50. The Kier molecular flexibility index (Phi) is 3.99. The molecule has 1 aromatic rings. The molecule has 1 saturated heterocycles. The number of rotatable bonds is 3. The summed E-state index contributed by atoms with van der Waals surface area (Å²) >= 11 is 0. The van der Waals surface area contributed by atoms with E-state index in [0.29, 0.717) is 11.1 Å². The minimum atomic E-state index is -0.374. The number of hydrogen-bond donors (Lipinski definition) is 2. The molecule has 0 aromatic heterocycles. The van der Waals surface area contributed by atoms with Crippen LogP contribution in [0.1, 0.15) is 17.2 Å². The van der Waals surface area contributed by atoms with Crippen molar-refractivity contribution < 1.29 is 9.50 Å². The molecule has 0 saturated carbocycles. The van der Waals surface area contributed by atoms with Crippen molar-refractivity contribution in [2.24, 2.45) is 0 Å². The SMILES string of the molecule is C=C[C@H](c1c(F)ccc(C)c1O)N1CCNCC1. The molecule has 1 heterocycles. The maximum Gasteiger partial charge on any atom is 0.132 e. The lowest BCUT2D eigenvalue weighted by Crippen LogP contribution is -2.44. The standard InChI is InChI=1S/C14H19FN2O/c1-3-12(17-8-6-16-7-9-17)13-11(15)5-4-10(2)14(13)18/h3-5,12,16,18H,1,6-9H2,2H3/t12-/m1/s1. The first-order chi connectivity index (χ1) is 8.65. The molecule has 1 atom stereocenters. The zero-order valence-corrected chi connectivity index (χ0v) is 10.6. The van der Waals surface area contributed by atoms with Crippen molar-refractivity contribution in [2.75, 3.05) is 26.2 Å². The molecular weight excluding hydrogens is 231 g/mol. The van der Waals surface area contributed by atoms with Crippen molar-refractivity contribution in [3.63, 3.8) is 0 Å². The number of phenolic OH excluding ortho intramolecular Hbond substituents is 1. The number of phenols is 1. The third kappa shape index (κ3) is 2.40. The van der Waals surface area contributed by atoms with Gasteiger partial charge in [-0.2, -0.15) is 0 Å². The fourth-order valence-corrected chi connectivity index (χ4v) is 2.38. The number of aryl methyl sites for hydroxylation is 1. The largest absolute Gasteiger partial charge is 0.507 e. The third-order valence-corrected chi connectivity index (χ3v) is 3.43. The van der Waals surface area contributed by atoms with Crippen molar-refractivity contribution >= 4 is 0 Å². The average Bonchev–Trinajstić information content (AvgIpc) is 2.40. The van der Waals surface area contributed by atoms with E-state index in [1.54, 1.807) is 19.1 Å². The Bertz CT molecular complexity index is 442. The Hall–Kier alpha value is -1.39. The van der Waals surface area contributed by atoms with E-state index in [9.17, 15) is 9.50 Å². The predicted octanol–water partition coefficient (Wildman–Crippen LogP) is 1.97. The van der Waals surface area contributed by atoms with Gasteiger partial charge in [-0.15, -0.1) is 6.58 Å². The van der Waals surface area contributed by atoms with Crippen LogP contribution in [0.15, 0.2) is 24.8 Å². The summed E-state index contributed by atoms with van der Waals surface area (Å²) in [6.45, 7) is 8.95. The Balaban J connectivity index is 2.37. The molecule has 3 nitrogen and oxygen atoms in total. The van der Waals surface area contributed by atoms with Gasteiger partial charge in [-0.25, -0.2) is 4.39 Å². The maximum absolute atomic E-state index is 14.0. The first-order valence-electron chi connectivity index (χ1n) is 6.20. The van der Waals surface area contributed by atoms with Crippen LogP contribution in [0.4, 0.5) is 4.39 Å². The number of aromatic hydroxyl groups is 1. The summed E-state index contributed by atoms with van der Waals surface area (Å²) in [7, 11) is 0. The summed E-state index contributed by atoms with van der Waals surface area (Å²) in [6.07, 6.45) is 1.70. The molecule has 2 N–H and O–H groups in total. The minimum absolute atomic E-state index is 0.0402. The molecule has 1 aliphatic rings. The normalized spacial score (nSPS) is 18.6. The summed E-state index contributed by atoms with van der Waals surface area (Å²) in [5.74, 6) is -0.333. The third-order valence-electron chi connectivity index (χ3n) is 3.43. The second-order valence-corrected chi connectivity index (χ2v) is 4.59. The maximum atomic E-state index is 14.0. The molecule has 0 spiro atoms. The van der Waals surface area contributed by atoms with Gasteiger partial charge in [0.1, 0.15) is 11.6 Å². The van der Waals surface area contributed by atoms with Crippen LogP contribution in [-0.4, -0.2) is 36.2 Å². The summed E-state index contributed by atoms with van der Waals surface area (Å²) in [5.41, 5.74) is 1.03. The summed E-state index contributed by atoms with van der Waals surface area (Å²) < 4.78 is 14.0. The average molecular weight is 250 g/mol. The van der Waals surface area contributed by atoms with Gasteiger partial charge in [0, 0.05) is 26.2 Å². The Morgan fingerprint density at radius 3 is 2.72 bits per heavy atom. The van der Waals surface area contributed by atoms with Crippen LogP contribution >= 0.6 is 0 Å². The molecule has 98 valence electrons. The van der Waals surface area contributed by atoms with Gasteiger partial charge < -0.3 is 10.4 Å². The molecule has 1 aromatic carbocycles.